The van der Waals surface area contributed by atoms with E-state index in [1.54, 1.807) is 0 Å². The van der Waals surface area contributed by atoms with E-state index in [1.807, 2.05) is 6.26 Å². The van der Waals surface area contributed by atoms with Gasteiger partial charge in [0.1, 0.15) is 0 Å². The van der Waals surface area contributed by atoms with Gasteiger partial charge in [-0.25, -0.2) is 0 Å². The Bertz CT molecular complexity index is 323. The SMILES string of the molecule is CSCC(=O)NC[C@@H](O)C12CC3CC(CC(C3)C1)C2. The van der Waals surface area contributed by atoms with Crippen molar-refractivity contribution >= 4 is 17.7 Å². The standard InChI is InChI=1S/C15H25NO2S/c1-19-9-14(18)16-8-13(17)15-5-10-2-11(6-15)4-12(3-10)7-15/h10-13,17H,2-9H2,1H3,(H,16,18)/t10?,11?,12?,13-,15?/m1/s1. The maximum atomic E-state index is 11.5. The minimum atomic E-state index is -0.341. The zero-order chi connectivity index (χ0) is 13.5. The van der Waals surface area contributed by atoms with Crippen LogP contribution < -0.4 is 5.32 Å². The van der Waals surface area contributed by atoms with Gasteiger partial charge in [0, 0.05) is 6.54 Å². The molecule has 0 aromatic rings. The van der Waals surface area contributed by atoms with E-state index < -0.39 is 0 Å². The average molecular weight is 283 g/mol. The van der Waals surface area contributed by atoms with Crippen LogP contribution in [0.5, 0.6) is 0 Å². The van der Waals surface area contributed by atoms with Gasteiger partial charge in [-0.1, -0.05) is 0 Å². The topological polar surface area (TPSA) is 49.3 Å². The summed E-state index contributed by atoms with van der Waals surface area (Å²) in [5.74, 6) is 3.10. The molecule has 2 N–H and O–H groups in total. The molecule has 108 valence electrons. The lowest BCUT2D eigenvalue weighted by atomic mass is 9.48. The minimum absolute atomic E-state index is 0.0521. The van der Waals surface area contributed by atoms with Gasteiger partial charge in [-0.3, -0.25) is 4.79 Å². The fourth-order valence-electron chi connectivity index (χ4n) is 5.19. The molecule has 1 atom stereocenters. The van der Waals surface area contributed by atoms with E-state index >= 15 is 0 Å². The highest BCUT2D eigenvalue weighted by atomic mass is 32.2. The molecule has 1 amide bonds. The van der Waals surface area contributed by atoms with Gasteiger partial charge in [0.2, 0.25) is 5.91 Å². The molecular weight excluding hydrogens is 258 g/mol. The summed E-state index contributed by atoms with van der Waals surface area (Å²) in [6.07, 6.45) is 9.34. The van der Waals surface area contributed by atoms with Crippen molar-refractivity contribution in [3.63, 3.8) is 0 Å². The molecule has 0 unspecified atom stereocenters. The maximum Gasteiger partial charge on any atom is 0.230 e. The normalized spacial score (nSPS) is 41.3. The number of carbonyl (C=O) groups excluding carboxylic acids is 1. The zero-order valence-corrected chi connectivity index (χ0v) is 12.5. The molecule has 4 fully saturated rings. The van der Waals surface area contributed by atoms with Crippen molar-refractivity contribution < 1.29 is 9.90 Å². The predicted octanol–water partition coefficient (Wildman–Crippen LogP) is 2.04. The van der Waals surface area contributed by atoms with Gasteiger partial charge in [-0.15, -0.1) is 0 Å². The van der Waals surface area contributed by atoms with Gasteiger partial charge in [0.25, 0.3) is 0 Å². The summed E-state index contributed by atoms with van der Waals surface area (Å²) >= 11 is 1.53. The Morgan fingerprint density at radius 1 is 1.26 bits per heavy atom. The van der Waals surface area contributed by atoms with Crippen LogP contribution in [-0.4, -0.2) is 35.7 Å². The summed E-state index contributed by atoms with van der Waals surface area (Å²) in [5.41, 5.74) is 0.126. The third-order valence-corrected chi connectivity index (χ3v) is 6.11. The third kappa shape index (κ3) is 2.66. The van der Waals surface area contributed by atoms with Crippen LogP contribution in [0.15, 0.2) is 0 Å². The molecule has 4 rings (SSSR count). The number of rotatable bonds is 5. The molecule has 0 aromatic heterocycles. The summed E-state index contributed by atoms with van der Waals surface area (Å²) < 4.78 is 0. The third-order valence-electron chi connectivity index (χ3n) is 5.56. The largest absolute Gasteiger partial charge is 0.391 e. The Morgan fingerprint density at radius 3 is 2.26 bits per heavy atom. The molecular formula is C15H25NO2S. The van der Waals surface area contributed by atoms with Crippen molar-refractivity contribution in [3.05, 3.63) is 0 Å². The lowest BCUT2D eigenvalue weighted by Gasteiger charge is -2.58. The maximum absolute atomic E-state index is 11.5. The van der Waals surface area contributed by atoms with Crippen LogP contribution >= 0.6 is 11.8 Å². The Morgan fingerprint density at radius 2 is 1.79 bits per heavy atom. The van der Waals surface area contributed by atoms with Crippen LogP contribution in [0, 0.1) is 23.2 Å². The van der Waals surface area contributed by atoms with Gasteiger partial charge in [-0.05, 0) is 67.9 Å². The summed E-state index contributed by atoms with van der Waals surface area (Å²) in [7, 11) is 0. The molecule has 4 bridgehead atoms. The lowest BCUT2D eigenvalue weighted by Crippen LogP contribution is -2.54. The van der Waals surface area contributed by atoms with Crippen molar-refractivity contribution in [2.75, 3.05) is 18.6 Å². The predicted molar refractivity (Wildman–Crippen MR) is 78.0 cm³/mol. The lowest BCUT2D eigenvalue weighted by molar-refractivity contribution is -0.127. The summed E-state index contributed by atoms with van der Waals surface area (Å²) in [6, 6.07) is 0. The fraction of sp³-hybridized carbons (Fsp3) is 0.933. The molecule has 0 aromatic carbocycles. The molecule has 0 radical (unpaired) electrons. The number of aliphatic hydroxyl groups excluding tert-OH is 1. The number of thioether (sulfide) groups is 1. The van der Waals surface area contributed by atoms with Gasteiger partial charge in [0.15, 0.2) is 0 Å². The first-order valence-electron chi connectivity index (χ1n) is 7.55. The summed E-state index contributed by atoms with van der Waals surface area (Å²) in [5, 5.41) is 13.5. The number of carbonyl (C=O) groups is 1. The van der Waals surface area contributed by atoms with Crippen LogP contribution in [0.1, 0.15) is 38.5 Å². The van der Waals surface area contributed by atoms with Crippen molar-refractivity contribution in [2.45, 2.75) is 44.6 Å². The fourth-order valence-corrected chi connectivity index (χ4v) is 5.56. The Balaban J connectivity index is 1.60. The average Bonchev–Trinajstić information content (AvgIpc) is 2.34. The molecule has 0 heterocycles. The van der Waals surface area contributed by atoms with Crippen molar-refractivity contribution in [1.82, 2.24) is 5.32 Å². The van der Waals surface area contributed by atoms with E-state index in [9.17, 15) is 9.90 Å². The highest BCUT2D eigenvalue weighted by Gasteiger charge is 2.53. The van der Waals surface area contributed by atoms with E-state index in [0.29, 0.717) is 12.3 Å². The first-order valence-corrected chi connectivity index (χ1v) is 8.94. The molecule has 4 aliphatic rings. The number of nitrogens with one attached hydrogen (secondary N) is 1. The highest BCUT2D eigenvalue weighted by molar-refractivity contribution is 7.99. The molecule has 0 aliphatic heterocycles. The first-order chi connectivity index (χ1) is 9.11. The Labute approximate surface area is 119 Å². The minimum Gasteiger partial charge on any atom is -0.391 e. The Kier molecular flexibility index (Phi) is 3.82. The van der Waals surface area contributed by atoms with Crippen LogP contribution in [0.3, 0.4) is 0 Å². The van der Waals surface area contributed by atoms with Crippen LogP contribution in [-0.2, 0) is 4.79 Å². The van der Waals surface area contributed by atoms with Crippen molar-refractivity contribution in [1.29, 1.82) is 0 Å². The van der Waals surface area contributed by atoms with E-state index in [-0.39, 0.29) is 17.4 Å². The van der Waals surface area contributed by atoms with Gasteiger partial charge in [-0.2, -0.15) is 11.8 Å². The zero-order valence-electron chi connectivity index (χ0n) is 11.7. The smallest absolute Gasteiger partial charge is 0.230 e. The summed E-state index contributed by atoms with van der Waals surface area (Å²) in [4.78, 5) is 11.5. The van der Waals surface area contributed by atoms with E-state index in [4.69, 9.17) is 0 Å². The molecule has 0 spiro atoms. The number of hydrogen-bond acceptors (Lipinski definition) is 3. The van der Waals surface area contributed by atoms with Crippen molar-refractivity contribution in [3.8, 4) is 0 Å². The molecule has 4 aliphatic carbocycles. The van der Waals surface area contributed by atoms with Gasteiger partial charge in [0.05, 0.1) is 11.9 Å². The molecule has 4 saturated carbocycles. The second-order valence-corrected chi connectivity index (χ2v) is 7.90. The van der Waals surface area contributed by atoms with E-state index in [1.165, 1.54) is 50.3 Å². The summed E-state index contributed by atoms with van der Waals surface area (Å²) in [6.45, 7) is 0.450. The molecule has 19 heavy (non-hydrogen) atoms. The molecule has 0 saturated heterocycles. The number of amides is 1. The first kappa shape index (κ1) is 13.7. The number of aliphatic hydroxyl groups is 1. The van der Waals surface area contributed by atoms with Crippen LogP contribution in [0.25, 0.3) is 0 Å². The van der Waals surface area contributed by atoms with Crippen LogP contribution in [0.2, 0.25) is 0 Å². The molecule has 4 heteroatoms. The quantitative estimate of drug-likeness (QED) is 0.812. The van der Waals surface area contributed by atoms with E-state index in [2.05, 4.69) is 5.32 Å². The monoisotopic (exact) mass is 283 g/mol. The molecule has 3 nitrogen and oxygen atoms in total. The van der Waals surface area contributed by atoms with Crippen molar-refractivity contribution in [2.24, 2.45) is 23.2 Å². The van der Waals surface area contributed by atoms with Crippen LogP contribution in [0.4, 0.5) is 0 Å². The van der Waals surface area contributed by atoms with Gasteiger partial charge >= 0.3 is 0 Å². The van der Waals surface area contributed by atoms with Gasteiger partial charge < -0.3 is 10.4 Å². The number of hydrogen-bond donors (Lipinski definition) is 2. The second-order valence-electron chi connectivity index (χ2n) is 7.03. The van der Waals surface area contributed by atoms with E-state index in [0.717, 1.165) is 17.8 Å². The highest BCUT2D eigenvalue weighted by Crippen LogP contribution is 2.61. The second kappa shape index (κ2) is 5.28. The Hall–Kier alpha value is -0.220.